The highest BCUT2D eigenvalue weighted by molar-refractivity contribution is 6.22. The van der Waals surface area contributed by atoms with Crippen molar-refractivity contribution in [2.75, 3.05) is 0 Å². The Hall–Kier alpha value is -1.41. The minimum atomic E-state index is -0.675. The zero-order chi connectivity index (χ0) is 12.4. The highest BCUT2D eigenvalue weighted by Crippen LogP contribution is 2.31. The Morgan fingerprint density at radius 3 is 2.29 bits per heavy atom. The number of aryl methyl sites for hydroxylation is 1. The number of halogens is 3. The Bertz CT molecular complexity index is 523. The van der Waals surface area contributed by atoms with Gasteiger partial charge in [-0.1, -0.05) is 30.3 Å². The Morgan fingerprint density at radius 1 is 1.00 bits per heavy atom. The second-order valence-corrected chi connectivity index (χ2v) is 4.33. The van der Waals surface area contributed by atoms with Crippen LogP contribution in [0.25, 0.3) is 0 Å². The van der Waals surface area contributed by atoms with E-state index in [0.717, 1.165) is 11.6 Å². The van der Waals surface area contributed by atoms with Gasteiger partial charge in [-0.15, -0.1) is 11.6 Å². The monoisotopic (exact) mass is 252 g/mol. The third-order valence-electron chi connectivity index (χ3n) is 2.64. The van der Waals surface area contributed by atoms with Crippen LogP contribution in [0.2, 0.25) is 0 Å². The predicted octanol–water partition coefficient (Wildman–Crippen LogP) is 4.60. The number of benzene rings is 2. The van der Waals surface area contributed by atoms with Gasteiger partial charge in [-0.05, 0) is 30.2 Å². The summed E-state index contributed by atoms with van der Waals surface area (Å²) in [4.78, 5) is 0. The molecule has 0 amide bonds. The first-order chi connectivity index (χ1) is 8.09. The molecule has 0 aliphatic rings. The van der Waals surface area contributed by atoms with Gasteiger partial charge in [-0.25, -0.2) is 8.78 Å². The van der Waals surface area contributed by atoms with Gasteiger partial charge in [0.2, 0.25) is 0 Å². The van der Waals surface area contributed by atoms with Gasteiger partial charge in [-0.3, -0.25) is 0 Å². The fraction of sp³-hybridized carbons (Fsp3) is 0.143. The van der Waals surface area contributed by atoms with Crippen LogP contribution in [-0.4, -0.2) is 0 Å². The fourth-order valence-corrected chi connectivity index (χ4v) is 1.97. The van der Waals surface area contributed by atoms with Crippen LogP contribution >= 0.6 is 11.6 Å². The van der Waals surface area contributed by atoms with Crippen molar-refractivity contribution < 1.29 is 8.78 Å². The van der Waals surface area contributed by atoms with E-state index in [1.165, 1.54) is 13.0 Å². The smallest absolute Gasteiger partial charge is 0.128 e. The highest BCUT2D eigenvalue weighted by Gasteiger charge is 2.17. The van der Waals surface area contributed by atoms with Gasteiger partial charge in [-0.2, -0.15) is 0 Å². The molecule has 2 rings (SSSR count). The minimum Gasteiger partial charge on any atom is -0.207 e. The molecule has 0 spiro atoms. The molecule has 0 N–H and O–H groups in total. The Balaban J connectivity index is 2.44. The Labute approximate surface area is 104 Å². The number of rotatable bonds is 2. The fourth-order valence-electron chi connectivity index (χ4n) is 1.66. The normalized spacial score (nSPS) is 12.5. The molecule has 0 aliphatic carbocycles. The van der Waals surface area contributed by atoms with E-state index in [1.807, 2.05) is 18.2 Å². The van der Waals surface area contributed by atoms with E-state index in [0.29, 0.717) is 0 Å². The average Bonchev–Trinajstić information content (AvgIpc) is 2.34. The second-order valence-electron chi connectivity index (χ2n) is 3.90. The second kappa shape index (κ2) is 4.84. The standard InChI is InChI=1S/C14H11ClF2/c1-9-7-13(17)11(8-12(9)16)14(15)10-5-3-2-4-6-10/h2-8,14H,1H3. The lowest BCUT2D eigenvalue weighted by Crippen LogP contribution is -1.99. The number of alkyl halides is 1. The summed E-state index contributed by atoms with van der Waals surface area (Å²) in [6.45, 7) is 1.52. The number of hydrogen-bond donors (Lipinski definition) is 0. The molecule has 2 aromatic rings. The van der Waals surface area contributed by atoms with Crippen molar-refractivity contribution in [1.29, 1.82) is 0 Å². The highest BCUT2D eigenvalue weighted by atomic mass is 35.5. The maximum absolute atomic E-state index is 13.7. The van der Waals surface area contributed by atoms with Crippen molar-refractivity contribution in [3.63, 3.8) is 0 Å². The maximum Gasteiger partial charge on any atom is 0.128 e. The Kier molecular flexibility index (Phi) is 3.43. The van der Waals surface area contributed by atoms with E-state index in [2.05, 4.69) is 0 Å². The van der Waals surface area contributed by atoms with Crippen LogP contribution in [0.5, 0.6) is 0 Å². The molecule has 17 heavy (non-hydrogen) atoms. The molecule has 1 unspecified atom stereocenters. The zero-order valence-electron chi connectivity index (χ0n) is 9.25. The summed E-state index contributed by atoms with van der Waals surface area (Å²) >= 11 is 6.15. The summed E-state index contributed by atoms with van der Waals surface area (Å²) in [6.07, 6.45) is 0. The van der Waals surface area contributed by atoms with Gasteiger partial charge >= 0.3 is 0 Å². The molecule has 0 heterocycles. The van der Waals surface area contributed by atoms with Crippen molar-refractivity contribution in [3.05, 3.63) is 70.8 Å². The summed E-state index contributed by atoms with van der Waals surface area (Å²) in [6, 6.07) is 11.4. The molecule has 1 atom stereocenters. The van der Waals surface area contributed by atoms with Gasteiger partial charge in [0.25, 0.3) is 0 Å². The lowest BCUT2D eigenvalue weighted by atomic mass is 10.0. The van der Waals surface area contributed by atoms with Crippen LogP contribution in [0.1, 0.15) is 22.1 Å². The third kappa shape index (κ3) is 2.47. The topological polar surface area (TPSA) is 0 Å². The lowest BCUT2D eigenvalue weighted by molar-refractivity contribution is 0.580. The van der Waals surface area contributed by atoms with E-state index in [-0.39, 0.29) is 11.1 Å². The van der Waals surface area contributed by atoms with Crippen molar-refractivity contribution >= 4 is 11.6 Å². The molecule has 0 nitrogen and oxygen atoms in total. The molecular weight excluding hydrogens is 242 g/mol. The first-order valence-corrected chi connectivity index (χ1v) is 5.68. The average molecular weight is 253 g/mol. The van der Waals surface area contributed by atoms with E-state index >= 15 is 0 Å². The minimum absolute atomic E-state index is 0.168. The largest absolute Gasteiger partial charge is 0.207 e. The Morgan fingerprint density at radius 2 is 1.65 bits per heavy atom. The van der Waals surface area contributed by atoms with Gasteiger partial charge in [0.15, 0.2) is 0 Å². The van der Waals surface area contributed by atoms with Crippen LogP contribution in [0, 0.1) is 18.6 Å². The molecule has 0 aliphatic heterocycles. The molecule has 88 valence electrons. The third-order valence-corrected chi connectivity index (χ3v) is 3.13. The van der Waals surface area contributed by atoms with E-state index in [9.17, 15) is 8.78 Å². The summed E-state index contributed by atoms with van der Waals surface area (Å²) in [5, 5.41) is -0.675. The molecule has 0 radical (unpaired) electrons. The lowest BCUT2D eigenvalue weighted by Gasteiger charge is -2.12. The van der Waals surface area contributed by atoms with E-state index in [4.69, 9.17) is 11.6 Å². The molecule has 3 heteroatoms. The molecule has 2 aromatic carbocycles. The van der Waals surface area contributed by atoms with Gasteiger partial charge in [0.1, 0.15) is 11.6 Å². The first-order valence-electron chi connectivity index (χ1n) is 5.24. The summed E-state index contributed by atoms with van der Waals surface area (Å²) < 4.78 is 27.1. The summed E-state index contributed by atoms with van der Waals surface area (Å²) in [5.41, 5.74) is 1.19. The van der Waals surface area contributed by atoms with Gasteiger partial charge in [0, 0.05) is 5.56 Å². The summed E-state index contributed by atoms with van der Waals surface area (Å²) in [7, 11) is 0. The maximum atomic E-state index is 13.7. The molecule has 0 aromatic heterocycles. The molecule has 0 saturated heterocycles. The SMILES string of the molecule is Cc1cc(F)c(C(Cl)c2ccccc2)cc1F. The van der Waals surface area contributed by atoms with E-state index < -0.39 is 17.0 Å². The molecule has 0 fully saturated rings. The van der Waals surface area contributed by atoms with Crippen molar-refractivity contribution in [2.45, 2.75) is 12.3 Å². The molecular formula is C14H11ClF2. The first kappa shape index (κ1) is 12.1. The molecule has 0 saturated carbocycles. The van der Waals surface area contributed by atoms with Gasteiger partial charge in [0.05, 0.1) is 5.38 Å². The van der Waals surface area contributed by atoms with Crippen molar-refractivity contribution in [3.8, 4) is 0 Å². The van der Waals surface area contributed by atoms with Crippen LogP contribution in [0.4, 0.5) is 8.78 Å². The van der Waals surface area contributed by atoms with Crippen molar-refractivity contribution in [1.82, 2.24) is 0 Å². The van der Waals surface area contributed by atoms with Crippen LogP contribution in [-0.2, 0) is 0 Å². The number of hydrogen-bond acceptors (Lipinski definition) is 0. The van der Waals surface area contributed by atoms with Crippen LogP contribution < -0.4 is 0 Å². The summed E-state index contributed by atoms with van der Waals surface area (Å²) in [5.74, 6) is -0.921. The van der Waals surface area contributed by atoms with Crippen LogP contribution in [0.3, 0.4) is 0 Å². The van der Waals surface area contributed by atoms with Gasteiger partial charge < -0.3 is 0 Å². The zero-order valence-corrected chi connectivity index (χ0v) is 10.0. The van der Waals surface area contributed by atoms with Crippen LogP contribution in [0.15, 0.2) is 42.5 Å². The quantitative estimate of drug-likeness (QED) is 0.685. The molecule has 0 bridgehead atoms. The predicted molar refractivity (Wildman–Crippen MR) is 65.2 cm³/mol. The van der Waals surface area contributed by atoms with Crippen molar-refractivity contribution in [2.24, 2.45) is 0 Å². The van der Waals surface area contributed by atoms with E-state index in [1.54, 1.807) is 12.1 Å².